The van der Waals surface area contributed by atoms with Gasteiger partial charge in [0.1, 0.15) is 0 Å². The van der Waals surface area contributed by atoms with E-state index in [1.165, 1.54) is 24.9 Å². The largest absolute Gasteiger partial charge is 0.278 e. The molecule has 0 aromatic heterocycles. The summed E-state index contributed by atoms with van der Waals surface area (Å²) >= 11 is 1.34. The molecule has 0 fully saturated rings. The second kappa shape index (κ2) is 4.14. The first-order chi connectivity index (χ1) is 7.59. The van der Waals surface area contributed by atoms with Crippen LogP contribution in [0.15, 0.2) is 40.1 Å². The van der Waals surface area contributed by atoms with E-state index in [2.05, 4.69) is 0 Å². The Morgan fingerprint density at radius 2 is 1.88 bits per heavy atom. The van der Waals surface area contributed by atoms with Gasteiger partial charge in [-0.25, -0.2) is 0 Å². The van der Waals surface area contributed by atoms with Gasteiger partial charge in [0.2, 0.25) is 0 Å². The SMILES string of the molecule is Cc1ccccc1SC1=CC(=O)N(C)C1=O. The molecule has 0 bridgehead atoms. The van der Waals surface area contributed by atoms with E-state index in [4.69, 9.17) is 0 Å². The molecule has 82 valence electrons. The number of rotatable bonds is 2. The molecule has 3 nitrogen and oxygen atoms in total. The Labute approximate surface area is 98.1 Å². The third-order valence-corrected chi connectivity index (χ3v) is 3.60. The highest BCUT2D eigenvalue weighted by Crippen LogP contribution is 2.32. The lowest BCUT2D eigenvalue weighted by atomic mass is 10.2. The second-order valence-electron chi connectivity index (χ2n) is 3.58. The molecular weight excluding hydrogens is 222 g/mol. The van der Waals surface area contributed by atoms with Gasteiger partial charge < -0.3 is 0 Å². The highest BCUT2D eigenvalue weighted by atomic mass is 32.2. The topological polar surface area (TPSA) is 37.4 Å². The number of imide groups is 1. The Bertz CT molecular complexity index is 494. The Balaban J connectivity index is 2.24. The van der Waals surface area contributed by atoms with Gasteiger partial charge >= 0.3 is 0 Å². The highest BCUT2D eigenvalue weighted by Gasteiger charge is 2.28. The van der Waals surface area contributed by atoms with Crippen LogP contribution in [0.4, 0.5) is 0 Å². The molecule has 0 radical (unpaired) electrons. The highest BCUT2D eigenvalue weighted by molar-refractivity contribution is 8.04. The summed E-state index contributed by atoms with van der Waals surface area (Å²) in [7, 11) is 1.49. The molecule has 16 heavy (non-hydrogen) atoms. The minimum absolute atomic E-state index is 0.224. The first-order valence-corrected chi connectivity index (χ1v) is 5.68. The van der Waals surface area contributed by atoms with Crippen LogP contribution in [0, 0.1) is 6.92 Å². The van der Waals surface area contributed by atoms with Crippen molar-refractivity contribution in [2.45, 2.75) is 11.8 Å². The first-order valence-electron chi connectivity index (χ1n) is 4.87. The predicted molar refractivity (Wildman–Crippen MR) is 62.9 cm³/mol. The van der Waals surface area contributed by atoms with Crippen molar-refractivity contribution in [2.24, 2.45) is 0 Å². The zero-order chi connectivity index (χ0) is 11.7. The fourth-order valence-electron chi connectivity index (χ4n) is 1.40. The molecular formula is C12H11NO2S. The molecule has 0 aliphatic carbocycles. The van der Waals surface area contributed by atoms with Crippen LogP contribution in [0.5, 0.6) is 0 Å². The quantitative estimate of drug-likeness (QED) is 0.733. The van der Waals surface area contributed by atoms with E-state index in [0.717, 1.165) is 15.4 Å². The van der Waals surface area contributed by atoms with Gasteiger partial charge in [0, 0.05) is 18.0 Å². The van der Waals surface area contributed by atoms with Crippen molar-refractivity contribution in [3.63, 3.8) is 0 Å². The summed E-state index contributed by atoms with van der Waals surface area (Å²) in [5, 5.41) is 0. The Kier molecular flexibility index (Phi) is 2.83. The maximum absolute atomic E-state index is 11.6. The summed E-state index contributed by atoms with van der Waals surface area (Å²) in [6, 6.07) is 7.78. The molecule has 0 spiro atoms. The van der Waals surface area contributed by atoms with E-state index >= 15 is 0 Å². The number of likely N-dealkylation sites (N-methyl/N-ethyl adjacent to an activating group) is 1. The smallest absolute Gasteiger partial charge is 0.267 e. The molecule has 2 rings (SSSR count). The molecule has 1 aromatic carbocycles. The number of hydrogen-bond donors (Lipinski definition) is 0. The number of nitrogens with zero attached hydrogens (tertiary/aromatic N) is 1. The van der Waals surface area contributed by atoms with Crippen LogP contribution in [0.1, 0.15) is 5.56 Å². The molecule has 2 amide bonds. The third-order valence-electron chi connectivity index (χ3n) is 2.41. The van der Waals surface area contributed by atoms with Crippen LogP contribution in [0.25, 0.3) is 0 Å². The normalized spacial score (nSPS) is 15.6. The van der Waals surface area contributed by atoms with Gasteiger partial charge in [-0.05, 0) is 18.6 Å². The van der Waals surface area contributed by atoms with Gasteiger partial charge in [-0.1, -0.05) is 30.0 Å². The molecule has 1 heterocycles. The number of aryl methyl sites for hydroxylation is 1. The van der Waals surface area contributed by atoms with Gasteiger partial charge in [0.05, 0.1) is 4.91 Å². The number of amides is 2. The number of benzene rings is 1. The summed E-state index contributed by atoms with van der Waals surface area (Å²) in [5.41, 5.74) is 1.10. The fraction of sp³-hybridized carbons (Fsp3) is 0.167. The van der Waals surface area contributed by atoms with Gasteiger partial charge in [0.15, 0.2) is 0 Å². The predicted octanol–water partition coefficient (Wildman–Crippen LogP) is 1.97. The molecule has 0 atom stereocenters. The maximum Gasteiger partial charge on any atom is 0.267 e. The molecule has 1 aliphatic heterocycles. The fourth-order valence-corrected chi connectivity index (χ4v) is 2.40. The van der Waals surface area contributed by atoms with Gasteiger partial charge in [0.25, 0.3) is 11.8 Å². The van der Waals surface area contributed by atoms with Crippen LogP contribution in [-0.4, -0.2) is 23.8 Å². The van der Waals surface area contributed by atoms with Crippen molar-refractivity contribution in [3.05, 3.63) is 40.8 Å². The van der Waals surface area contributed by atoms with Crippen LogP contribution >= 0.6 is 11.8 Å². The number of carbonyl (C=O) groups excluding carboxylic acids is 2. The van der Waals surface area contributed by atoms with Crippen molar-refractivity contribution < 1.29 is 9.59 Å². The summed E-state index contributed by atoms with van der Waals surface area (Å²) in [4.78, 5) is 25.6. The number of thioether (sulfide) groups is 1. The van der Waals surface area contributed by atoms with Crippen molar-refractivity contribution in [1.82, 2.24) is 4.90 Å². The van der Waals surface area contributed by atoms with E-state index in [-0.39, 0.29) is 11.8 Å². The minimum Gasteiger partial charge on any atom is -0.278 e. The van der Waals surface area contributed by atoms with Crippen LogP contribution in [-0.2, 0) is 9.59 Å². The van der Waals surface area contributed by atoms with Gasteiger partial charge in [-0.15, -0.1) is 0 Å². The molecule has 1 aliphatic rings. The Hall–Kier alpha value is -1.55. The van der Waals surface area contributed by atoms with E-state index in [0.29, 0.717) is 4.91 Å². The van der Waals surface area contributed by atoms with Gasteiger partial charge in [-0.2, -0.15) is 0 Å². The standard InChI is InChI=1S/C12H11NO2S/c1-8-5-3-4-6-9(8)16-10-7-11(14)13(2)12(10)15/h3-7H,1-2H3. The number of carbonyl (C=O) groups is 2. The Morgan fingerprint density at radius 3 is 2.44 bits per heavy atom. The number of hydrogen-bond acceptors (Lipinski definition) is 3. The summed E-state index contributed by atoms with van der Waals surface area (Å²) in [6.07, 6.45) is 1.39. The van der Waals surface area contributed by atoms with Crippen molar-refractivity contribution in [3.8, 4) is 0 Å². The van der Waals surface area contributed by atoms with Crippen molar-refractivity contribution in [1.29, 1.82) is 0 Å². The maximum atomic E-state index is 11.6. The van der Waals surface area contributed by atoms with Crippen molar-refractivity contribution in [2.75, 3.05) is 7.05 Å². The summed E-state index contributed by atoms with van der Waals surface area (Å²) in [5.74, 6) is -0.473. The second-order valence-corrected chi connectivity index (χ2v) is 4.66. The minimum atomic E-state index is -0.249. The van der Waals surface area contributed by atoms with E-state index in [1.807, 2.05) is 31.2 Å². The van der Waals surface area contributed by atoms with Crippen LogP contribution < -0.4 is 0 Å². The van der Waals surface area contributed by atoms with Gasteiger partial charge in [-0.3, -0.25) is 14.5 Å². The molecule has 0 saturated heterocycles. The molecule has 1 aromatic rings. The zero-order valence-corrected chi connectivity index (χ0v) is 9.88. The molecule has 0 N–H and O–H groups in total. The van der Waals surface area contributed by atoms with Crippen LogP contribution in [0.3, 0.4) is 0 Å². The molecule has 0 unspecified atom stereocenters. The zero-order valence-electron chi connectivity index (χ0n) is 9.06. The van der Waals surface area contributed by atoms with Crippen molar-refractivity contribution >= 4 is 23.6 Å². The average Bonchev–Trinajstić information content (AvgIpc) is 2.50. The third kappa shape index (κ3) is 1.88. The van der Waals surface area contributed by atoms with E-state index in [1.54, 1.807) is 0 Å². The lowest BCUT2D eigenvalue weighted by Crippen LogP contribution is -2.25. The summed E-state index contributed by atoms with van der Waals surface area (Å²) in [6.45, 7) is 1.98. The van der Waals surface area contributed by atoms with E-state index < -0.39 is 0 Å². The molecule has 0 saturated carbocycles. The van der Waals surface area contributed by atoms with E-state index in [9.17, 15) is 9.59 Å². The first kappa shape index (κ1) is 11.0. The monoisotopic (exact) mass is 233 g/mol. The molecule has 4 heteroatoms. The van der Waals surface area contributed by atoms with Crippen LogP contribution in [0.2, 0.25) is 0 Å². The lowest BCUT2D eigenvalue weighted by Gasteiger charge is -2.07. The lowest BCUT2D eigenvalue weighted by molar-refractivity contribution is -0.135. The average molecular weight is 233 g/mol. The summed E-state index contributed by atoms with van der Waals surface area (Å²) < 4.78 is 0. The Morgan fingerprint density at radius 1 is 1.19 bits per heavy atom.